The van der Waals surface area contributed by atoms with Gasteiger partial charge in [-0.2, -0.15) is 0 Å². The van der Waals surface area contributed by atoms with Gasteiger partial charge in [-0.15, -0.1) is 0 Å². The molecule has 3 atom stereocenters. The summed E-state index contributed by atoms with van der Waals surface area (Å²) in [4.78, 5) is 11.5. The molecule has 19 heavy (non-hydrogen) atoms. The van der Waals surface area contributed by atoms with E-state index in [1.165, 1.54) is 12.8 Å². The van der Waals surface area contributed by atoms with Gasteiger partial charge in [0, 0.05) is 43.0 Å². The van der Waals surface area contributed by atoms with Gasteiger partial charge in [0.15, 0.2) is 0 Å². The number of carbonyl (C=O) groups is 1. The molecule has 1 amide bonds. The van der Waals surface area contributed by atoms with Crippen molar-refractivity contribution in [3.8, 4) is 0 Å². The molecule has 2 aliphatic rings. The molecule has 0 spiro atoms. The van der Waals surface area contributed by atoms with Crippen LogP contribution in [0.5, 0.6) is 0 Å². The predicted octanol–water partition coefficient (Wildman–Crippen LogP) is 1.55. The molecule has 0 radical (unpaired) electrons. The number of ether oxygens (including phenoxy) is 1. The monoisotopic (exact) mass is 268 g/mol. The summed E-state index contributed by atoms with van der Waals surface area (Å²) in [5.74, 6) is 0.856. The smallest absolute Gasteiger partial charge is 0.222 e. The third-order valence-electron chi connectivity index (χ3n) is 4.64. The highest BCUT2D eigenvalue weighted by Gasteiger charge is 2.57. The van der Waals surface area contributed by atoms with Crippen molar-refractivity contribution in [1.82, 2.24) is 10.6 Å². The minimum absolute atomic E-state index is 0.0660. The number of nitrogens with one attached hydrogen (secondary N) is 2. The van der Waals surface area contributed by atoms with E-state index in [0.717, 1.165) is 13.2 Å². The average molecular weight is 268 g/mol. The van der Waals surface area contributed by atoms with E-state index in [0.29, 0.717) is 24.6 Å². The van der Waals surface area contributed by atoms with Crippen molar-refractivity contribution < 1.29 is 9.53 Å². The number of fused-ring (bicyclic) bond motifs is 1. The second-order valence-corrected chi connectivity index (χ2v) is 6.80. The maximum Gasteiger partial charge on any atom is 0.222 e. The largest absolute Gasteiger partial charge is 0.377 e. The zero-order valence-corrected chi connectivity index (χ0v) is 12.7. The van der Waals surface area contributed by atoms with Crippen molar-refractivity contribution in [2.75, 3.05) is 19.7 Å². The van der Waals surface area contributed by atoms with E-state index in [2.05, 4.69) is 24.5 Å². The molecule has 2 N–H and O–H groups in total. The predicted molar refractivity (Wildman–Crippen MR) is 75.9 cm³/mol. The van der Waals surface area contributed by atoms with Crippen LogP contribution in [-0.4, -0.2) is 37.7 Å². The molecule has 0 aromatic rings. The first kappa shape index (κ1) is 14.8. The quantitative estimate of drug-likeness (QED) is 0.744. The van der Waals surface area contributed by atoms with Crippen LogP contribution in [0.3, 0.4) is 0 Å². The summed E-state index contributed by atoms with van der Waals surface area (Å²) in [6.45, 7) is 10.9. The molecule has 1 saturated heterocycles. The molecule has 2 rings (SSSR count). The number of carbonyl (C=O) groups excluding carboxylic acids is 1. The van der Waals surface area contributed by atoms with E-state index in [-0.39, 0.29) is 17.2 Å². The molecule has 4 nitrogen and oxygen atoms in total. The van der Waals surface area contributed by atoms with Gasteiger partial charge in [0.2, 0.25) is 5.91 Å². The normalized spacial score (nSPS) is 32.6. The van der Waals surface area contributed by atoms with Gasteiger partial charge in [-0.25, -0.2) is 0 Å². The minimum atomic E-state index is 0.0660. The molecule has 1 aliphatic heterocycles. The van der Waals surface area contributed by atoms with Gasteiger partial charge in [-0.1, -0.05) is 27.7 Å². The molecular formula is C15H28N2O2. The van der Waals surface area contributed by atoms with Crippen LogP contribution in [0.15, 0.2) is 0 Å². The Morgan fingerprint density at radius 3 is 2.79 bits per heavy atom. The van der Waals surface area contributed by atoms with Gasteiger partial charge < -0.3 is 15.4 Å². The van der Waals surface area contributed by atoms with Gasteiger partial charge >= 0.3 is 0 Å². The highest BCUT2D eigenvalue weighted by atomic mass is 16.5. The zero-order valence-electron chi connectivity index (χ0n) is 12.7. The third kappa shape index (κ3) is 2.95. The van der Waals surface area contributed by atoms with Crippen molar-refractivity contribution in [3.63, 3.8) is 0 Å². The molecule has 0 bridgehead atoms. The fourth-order valence-corrected chi connectivity index (χ4v) is 3.55. The number of rotatable bonds is 5. The third-order valence-corrected chi connectivity index (χ3v) is 4.64. The molecule has 1 aliphatic carbocycles. The standard InChI is InChI=1S/C15H28N2O2/c1-10(2)14(18)17-8-7-16-12-11-6-5-9-19-13(11)15(12,3)4/h10-13,16H,5-9H2,1-4H3,(H,17,18). The van der Waals surface area contributed by atoms with E-state index in [4.69, 9.17) is 4.74 Å². The minimum Gasteiger partial charge on any atom is -0.377 e. The van der Waals surface area contributed by atoms with Crippen LogP contribution >= 0.6 is 0 Å². The highest BCUT2D eigenvalue weighted by molar-refractivity contribution is 5.77. The summed E-state index contributed by atoms with van der Waals surface area (Å²) in [7, 11) is 0. The fraction of sp³-hybridized carbons (Fsp3) is 0.933. The van der Waals surface area contributed by atoms with Gasteiger partial charge in [-0.3, -0.25) is 4.79 Å². The Bertz CT molecular complexity index is 328. The van der Waals surface area contributed by atoms with E-state index in [9.17, 15) is 4.79 Å². The molecule has 1 heterocycles. The maximum absolute atomic E-state index is 11.5. The summed E-state index contributed by atoms with van der Waals surface area (Å²) in [5, 5.41) is 6.56. The van der Waals surface area contributed by atoms with Crippen molar-refractivity contribution in [3.05, 3.63) is 0 Å². The zero-order chi connectivity index (χ0) is 14.0. The SMILES string of the molecule is CC(C)C(=O)NCCNC1C2CCCOC2C1(C)C. The summed E-state index contributed by atoms with van der Waals surface area (Å²) in [5.41, 5.74) is 0.215. The first-order chi connectivity index (χ1) is 8.94. The lowest BCUT2D eigenvalue weighted by Gasteiger charge is -2.60. The van der Waals surface area contributed by atoms with Crippen LogP contribution < -0.4 is 10.6 Å². The van der Waals surface area contributed by atoms with Crippen LogP contribution in [-0.2, 0) is 9.53 Å². The lowest BCUT2D eigenvalue weighted by molar-refractivity contribution is -0.192. The Morgan fingerprint density at radius 2 is 2.11 bits per heavy atom. The molecular weight excluding hydrogens is 240 g/mol. The van der Waals surface area contributed by atoms with Crippen molar-refractivity contribution in [1.29, 1.82) is 0 Å². The molecule has 110 valence electrons. The van der Waals surface area contributed by atoms with E-state index in [1.807, 2.05) is 13.8 Å². The second-order valence-electron chi connectivity index (χ2n) is 6.80. The van der Waals surface area contributed by atoms with Gasteiger partial charge in [0.1, 0.15) is 0 Å². The van der Waals surface area contributed by atoms with Crippen LogP contribution in [0.25, 0.3) is 0 Å². The first-order valence-electron chi connectivity index (χ1n) is 7.57. The van der Waals surface area contributed by atoms with Crippen molar-refractivity contribution in [2.24, 2.45) is 17.3 Å². The van der Waals surface area contributed by atoms with Crippen LogP contribution in [0, 0.1) is 17.3 Å². The summed E-state index contributed by atoms with van der Waals surface area (Å²) in [6, 6.07) is 0.522. The molecule has 1 saturated carbocycles. The maximum atomic E-state index is 11.5. The average Bonchev–Trinajstić information content (AvgIpc) is 2.37. The summed E-state index contributed by atoms with van der Waals surface area (Å²) >= 11 is 0. The lowest BCUT2D eigenvalue weighted by atomic mass is 9.55. The van der Waals surface area contributed by atoms with E-state index in [1.54, 1.807) is 0 Å². The second kappa shape index (κ2) is 5.80. The number of hydrogen-bond donors (Lipinski definition) is 2. The van der Waals surface area contributed by atoms with Crippen LogP contribution in [0.4, 0.5) is 0 Å². The van der Waals surface area contributed by atoms with Crippen LogP contribution in [0.2, 0.25) is 0 Å². The first-order valence-corrected chi connectivity index (χ1v) is 7.57. The van der Waals surface area contributed by atoms with Crippen molar-refractivity contribution in [2.45, 2.75) is 52.7 Å². The van der Waals surface area contributed by atoms with E-state index < -0.39 is 0 Å². The summed E-state index contributed by atoms with van der Waals surface area (Å²) in [6.07, 6.45) is 2.87. The van der Waals surface area contributed by atoms with Crippen LogP contribution in [0.1, 0.15) is 40.5 Å². The molecule has 4 heteroatoms. The number of hydrogen-bond acceptors (Lipinski definition) is 3. The molecule has 0 aromatic carbocycles. The lowest BCUT2D eigenvalue weighted by Crippen LogP contribution is -2.69. The van der Waals surface area contributed by atoms with Gasteiger partial charge in [-0.05, 0) is 12.8 Å². The topological polar surface area (TPSA) is 50.4 Å². The highest BCUT2D eigenvalue weighted by Crippen LogP contribution is 2.51. The molecule has 2 fully saturated rings. The Balaban J connectivity index is 1.72. The Morgan fingerprint density at radius 1 is 1.37 bits per heavy atom. The molecule has 0 aromatic heterocycles. The number of amides is 1. The summed E-state index contributed by atoms with van der Waals surface area (Å²) < 4.78 is 5.89. The Hall–Kier alpha value is -0.610. The molecule has 3 unspecified atom stereocenters. The Labute approximate surface area is 116 Å². The van der Waals surface area contributed by atoms with Gasteiger partial charge in [0.05, 0.1) is 6.10 Å². The van der Waals surface area contributed by atoms with Gasteiger partial charge in [0.25, 0.3) is 0 Å². The van der Waals surface area contributed by atoms with Crippen molar-refractivity contribution >= 4 is 5.91 Å². The fourth-order valence-electron chi connectivity index (χ4n) is 3.55. The Kier molecular flexibility index (Phi) is 4.51. The van der Waals surface area contributed by atoms with E-state index >= 15 is 0 Å².